The number of hydrogen-bond acceptors (Lipinski definition) is 13. The summed E-state index contributed by atoms with van der Waals surface area (Å²) >= 11 is 0. The van der Waals surface area contributed by atoms with Gasteiger partial charge in [-0.05, 0) is 41.5 Å². The maximum atomic E-state index is 12.9. The van der Waals surface area contributed by atoms with E-state index in [0.29, 0.717) is 5.56 Å². The number of phenolic OH excluding ortho intramolecular Hbond substituents is 4. The second-order valence-corrected chi connectivity index (χ2v) is 8.17. The highest BCUT2D eigenvalue weighted by molar-refractivity contribution is 5.89. The van der Waals surface area contributed by atoms with Gasteiger partial charge in [0.1, 0.15) is 24.4 Å². The second-order valence-electron chi connectivity index (χ2n) is 8.17. The molecule has 200 valence electrons. The van der Waals surface area contributed by atoms with Gasteiger partial charge in [0.15, 0.2) is 23.0 Å². The second kappa shape index (κ2) is 11.9. The van der Waals surface area contributed by atoms with E-state index in [0.717, 1.165) is 18.2 Å². The molecule has 0 saturated carbocycles. The lowest BCUT2D eigenvalue weighted by Crippen LogP contribution is -2.59. The van der Waals surface area contributed by atoms with Crippen LogP contribution in [-0.2, 0) is 30.2 Å². The first kappa shape index (κ1) is 27.7. The number of ether oxygens (including phenoxy) is 3. The van der Waals surface area contributed by atoms with Crippen LogP contribution in [0.1, 0.15) is 11.1 Å². The van der Waals surface area contributed by atoms with Crippen molar-refractivity contribution in [2.75, 3.05) is 6.61 Å². The van der Waals surface area contributed by atoms with Crippen molar-refractivity contribution >= 4 is 18.0 Å². The first-order chi connectivity index (χ1) is 17.5. The van der Waals surface area contributed by atoms with Crippen molar-refractivity contribution in [3.05, 3.63) is 53.6 Å². The van der Waals surface area contributed by atoms with Gasteiger partial charge in [0.05, 0.1) is 6.61 Å². The SMILES string of the molecule is O=C(/C=C/c1ccc(O)c(O)c1)O[C@H](Cc1ccc(O)c(O)c1)C(=O)O[C@@H]1O[C@H](CO)[C@@H](O)[C@H](O)[C@H]1O. The summed E-state index contributed by atoms with van der Waals surface area (Å²) in [5.41, 5.74) is 0.558. The number of esters is 2. The first-order valence-corrected chi connectivity index (χ1v) is 10.9. The molecule has 13 nitrogen and oxygen atoms in total. The molecule has 2 aromatic rings. The van der Waals surface area contributed by atoms with Crippen LogP contribution < -0.4 is 0 Å². The fourth-order valence-electron chi connectivity index (χ4n) is 3.43. The van der Waals surface area contributed by atoms with Gasteiger partial charge >= 0.3 is 11.9 Å². The summed E-state index contributed by atoms with van der Waals surface area (Å²) < 4.78 is 15.4. The summed E-state index contributed by atoms with van der Waals surface area (Å²) in [4.78, 5) is 25.3. The van der Waals surface area contributed by atoms with E-state index < -0.39 is 72.6 Å². The molecule has 0 spiro atoms. The van der Waals surface area contributed by atoms with Gasteiger partial charge in [0.25, 0.3) is 0 Å². The number of hydrogen-bond donors (Lipinski definition) is 8. The van der Waals surface area contributed by atoms with E-state index in [1.165, 1.54) is 30.3 Å². The predicted molar refractivity (Wildman–Crippen MR) is 122 cm³/mol. The number of rotatable bonds is 8. The van der Waals surface area contributed by atoms with Gasteiger partial charge in [0, 0.05) is 12.5 Å². The molecule has 2 aromatic carbocycles. The van der Waals surface area contributed by atoms with Crippen molar-refractivity contribution < 1.29 is 64.7 Å². The number of carbonyl (C=O) groups is 2. The van der Waals surface area contributed by atoms with Crippen LogP contribution in [0, 0.1) is 0 Å². The van der Waals surface area contributed by atoms with E-state index >= 15 is 0 Å². The Morgan fingerprint density at radius 2 is 1.54 bits per heavy atom. The number of phenols is 4. The Balaban J connectivity index is 1.78. The highest BCUT2D eigenvalue weighted by Gasteiger charge is 2.46. The Kier molecular flexibility index (Phi) is 8.91. The van der Waals surface area contributed by atoms with E-state index in [1.807, 2.05) is 0 Å². The van der Waals surface area contributed by atoms with Gasteiger partial charge in [0.2, 0.25) is 12.4 Å². The zero-order valence-electron chi connectivity index (χ0n) is 19.1. The minimum absolute atomic E-state index is 0.242. The molecule has 0 bridgehead atoms. The molecule has 0 amide bonds. The predicted octanol–water partition coefficient (Wildman–Crippen LogP) is -0.980. The molecule has 1 aliphatic heterocycles. The Morgan fingerprint density at radius 1 is 0.892 bits per heavy atom. The number of aliphatic hydroxyl groups is 4. The number of carbonyl (C=O) groups excluding carboxylic acids is 2. The van der Waals surface area contributed by atoms with Crippen molar-refractivity contribution in [3.63, 3.8) is 0 Å². The number of benzene rings is 2. The summed E-state index contributed by atoms with van der Waals surface area (Å²) in [5, 5.41) is 77.4. The third-order valence-electron chi connectivity index (χ3n) is 5.47. The van der Waals surface area contributed by atoms with Gasteiger partial charge in [-0.15, -0.1) is 0 Å². The lowest BCUT2D eigenvalue weighted by molar-refractivity contribution is -0.294. The largest absolute Gasteiger partial charge is 0.504 e. The Hall–Kier alpha value is -3.88. The Bertz CT molecular complexity index is 1150. The highest BCUT2D eigenvalue weighted by Crippen LogP contribution is 2.28. The fraction of sp³-hybridized carbons (Fsp3) is 0.333. The van der Waals surface area contributed by atoms with E-state index in [2.05, 4.69) is 0 Å². The summed E-state index contributed by atoms with van der Waals surface area (Å²) in [6, 6.07) is 7.35. The van der Waals surface area contributed by atoms with Crippen LogP contribution in [0.4, 0.5) is 0 Å². The Labute approximate surface area is 209 Å². The number of aliphatic hydroxyl groups excluding tert-OH is 4. The Morgan fingerprint density at radius 3 is 2.16 bits per heavy atom. The molecule has 37 heavy (non-hydrogen) atoms. The third kappa shape index (κ3) is 6.87. The molecule has 3 rings (SSSR count). The highest BCUT2D eigenvalue weighted by atomic mass is 16.7. The van der Waals surface area contributed by atoms with Crippen molar-refractivity contribution in [2.24, 2.45) is 0 Å². The van der Waals surface area contributed by atoms with Gasteiger partial charge in [-0.2, -0.15) is 0 Å². The van der Waals surface area contributed by atoms with Crippen molar-refractivity contribution in [2.45, 2.75) is 43.2 Å². The molecule has 1 fully saturated rings. The molecular formula is C24H26O13. The summed E-state index contributed by atoms with van der Waals surface area (Å²) in [6.45, 7) is -0.762. The molecule has 6 atom stereocenters. The first-order valence-electron chi connectivity index (χ1n) is 10.9. The summed E-state index contributed by atoms with van der Waals surface area (Å²) in [5.74, 6) is -4.00. The molecule has 13 heteroatoms. The monoisotopic (exact) mass is 522 g/mol. The molecule has 0 aromatic heterocycles. The minimum Gasteiger partial charge on any atom is -0.504 e. The van der Waals surface area contributed by atoms with Crippen LogP contribution in [0.5, 0.6) is 23.0 Å². The van der Waals surface area contributed by atoms with E-state index in [9.17, 15) is 50.4 Å². The van der Waals surface area contributed by atoms with Crippen LogP contribution in [0.3, 0.4) is 0 Å². The topological polar surface area (TPSA) is 224 Å². The van der Waals surface area contributed by atoms with Gasteiger partial charge in [-0.3, -0.25) is 0 Å². The number of aromatic hydroxyl groups is 4. The summed E-state index contributed by atoms with van der Waals surface area (Å²) in [6.07, 6.45) is -8.45. The zero-order chi connectivity index (χ0) is 27.3. The van der Waals surface area contributed by atoms with Crippen molar-refractivity contribution in [1.82, 2.24) is 0 Å². The quantitative estimate of drug-likeness (QED) is 0.119. The third-order valence-corrected chi connectivity index (χ3v) is 5.47. The van der Waals surface area contributed by atoms with E-state index in [4.69, 9.17) is 14.2 Å². The van der Waals surface area contributed by atoms with Gasteiger partial charge in [-0.25, -0.2) is 9.59 Å². The van der Waals surface area contributed by atoms with Crippen molar-refractivity contribution in [1.29, 1.82) is 0 Å². The average molecular weight is 522 g/mol. The molecule has 1 heterocycles. The van der Waals surface area contributed by atoms with Gasteiger partial charge < -0.3 is 55.1 Å². The normalized spacial score (nSPS) is 24.5. The van der Waals surface area contributed by atoms with E-state index in [1.54, 1.807) is 0 Å². The van der Waals surface area contributed by atoms with E-state index in [-0.39, 0.29) is 17.7 Å². The standard InChI is InChI=1S/C24H26O13/c25-10-18-20(31)21(32)22(33)24(36-18)37-23(34)17(9-12-2-5-14(27)16(29)8-12)35-19(30)6-3-11-1-4-13(26)15(28)7-11/h1-8,17-18,20-22,24-29,31-33H,9-10H2/b6-3+/t17-,18-,20-,21+,22-,24+/m1/s1. The smallest absolute Gasteiger partial charge is 0.350 e. The average Bonchev–Trinajstić information content (AvgIpc) is 2.86. The molecule has 0 radical (unpaired) electrons. The molecule has 8 N–H and O–H groups in total. The lowest BCUT2D eigenvalue weighted by Gasteiger charge is -2.39. The maximum Gasteiger partial charge on any atom is 0.350 e. The summed E-state index contributed by atoms with van der Waals surface area (Å²) in [7, 11) is 0. The van der Waals surface area contributed by atoms with Crippen LogP contribution in [0.15, 0.2) is 42.5 Å². The minimum atomic E-state index is -1.89. The fourth-order valence-corrected chi connectivity index (χ4v) is 3.43. The molecule has 1 saturated heterocycles. The van der Waals surface area contributed by atoms with Crippen LogP contribution in [-0.4, -0.2) is 96.2 Å². The van der Waals surface area contributed by atoms with Crippen molar-refractivity contribution in [3.8, 4) is 23.0 Å². The van der Waals surface area contributed by atoms with Crippen LogP contribution in [0.2, 0.25) is 0 Å². The van der Waals surface area contributed by atoms with Crippen LogP contribution in [0.25, 0.3) is 6.08 Å². The molecule has 0 unspecified atom stereocenters. The molecule has 0 aliphatic carbocycles. The zero-order valence-corrected chi connectivity index (χ0v) is 19.1. The van der Waals surface area contributed by atoms with Crippen LogP contribution >= 0.6 is 0 Å². The lowest BCUT2D eigenvalue weighted by atomic mass is 9.99. The van der Waals surface area contributed by atoms with Gasteiger partial charge in [-0.1, -0.05) is 12.1 Å². The maximum absolute atomic E-state index is 12.9. The molecular weight excluding hydrogens is 496 g/mol. The molecule has 1 aliphatic rings.